The Kier molecular flexibility index (Phi) is 12.2. The average molecular weight is 588 g/mol. The van der Waals surface area contributed by atoms with E-state index in [1.54, 1.807) is 0 Å². The fourth-order valence-corrected chi connectivity index (χ4v) is 12.4. The van der Waals surface area contributed by atoms with Crippen molar-refractivity contribution in [1.29, 1.82) is 0 Å². The first-order valence-corrected chi connectivity index (χ1v) is 19.2. The maximum absolute atomic E-state index is 8.48. The Balaban J connectivity index is 2.03. The van der Waals surface area contributed by atoms with Crippen LogP contribution in [-0.2, 0) is 13.9 Å². The number of azide groups is 1. The van der Waals surface area contributed by atoms with Crippen LogP contribution in [0.5, 0.6) is 0 Å². The van der Waals surface area contributed by atoms with Crippen molar-refractivity contribution < 1.29 is 13.9 Å². The van der Waals surface area contributed by atoms with Crippen LogP contribution >= 0.6 is 0 Å². The fraction of sp³-hybridized carbons (Fsp3) is 0.882. The second-order valence-corrected chi connectivity index (χ2v) is 18.5. The summed E-state index contributed by atoms with van der Waals surface area (Å²) in [5.41, 5.74) is 9.50. The third-order valence-corrected chi connectivity index (χ3v) is 17.3. The van der Waals surface area contributed by atoms with Crippen LogP contribution in [0.1, 0.15) is 106 Å². The standard InChI is InChI=1S/C34H61N3O3Si/c1-10-41(11-2,12-3)40-30-25-34(39-9,21-17-15-13-14-16-18-24-36-37-35)28(6)27(5)33-22-19-26(4)32(30,7)31(33)29(38-8)20-23-33/h15,17,26-27,29-31H,6,10-14,16,18-25H2,1-5,7-9H3/b17-15+/t26-,27+,29-,30-,31+,32+,33+,34-/m1/s1. The molecular formula is C34H61N3O3Si. The maximum Gasteiger partial charge on any atom is 0.192 e. The van der Waals surface area contributed by atoms with Gasteiger partial charge in [-0.25, -0.2) is 0 Å². The van der Waals surface area contributed by atoms with Crippen molar-refractivity contribution in [2.24, 2.45) is 33.7 Å². The predicted octanol–water partition coefficient (Wildman–Crippen LogP) is 10.0. The van der Waals surface area contributed by atoms with Crippen LogP contribution in [0.3, 0.4) is 0 Å². The van der Waals surface area contributed by atoms with E-state index >= 15 is 0 Å². The molecule has 0 saturated heterocycles. The quantitative estimate of drug-likeness (QED) is 0.0477. The number of unbranched alkanes of at least 4 members (excludes halogenated alkanes) is 3. The zero-order valence-electron chi connectivity index (χ0n) is 27.7. The first kappa shape index (κ1) is 34.4. The van der Waals surface area contributed by atoms with Crippen LogP contribution in [0.4, 0.5) is 0 Å². The molecule has 3 aliphatic carbocycles. The van der Waals surface area contributed by atoms with Gasteiger partial charge in [0.25, 0.3) is 0 Å². The summed E-state index contributed by atoms with van der Waals surface area (Å²) < 4.78 is 20.7. The van der Waals surface area contributed by atoms with Gasteiger partial charge < -0.3 is 13.9 Å². The highest BCUT2D eigenvalue weighted by atomic mass is 28.4. The second-order valence-electron chi connectivity index (χ2n) is 13.8. The Morgan fingerprint density at radius 2 is 1.73 bits per heavy atom. The monoisotopic (exact) mass is 587 g/mol. The number of nitrogens with zero attached hydrogens (tertiary/aromatic N) is 3. The number of allylic oxidation sites excluding steroid dienone is 1. The molecular weight excluding hydrogens is 526 g/mol. The summed E-state index contributed by atoms with van der Waals surface area (Å²) >= 11 is 0. The first-order valence-electron chi connectivity index (χ1n) is 16.7. The van der Waals surface area contributed by atoms with Crippen molar-refractivity contribution in [3.63, 3.8) is 0 Å². The lowest BCUT2D eigenvalue weighted by molar-refractivity contribution is -0.185. The van der Waals surface area contributed by atoms with Gasteiger partial charge in [0, 0.05) is 37.5 Å². The zero-order valence-corrected chi connectivity index (χ0v) is 28.7. The van der Waals surface area contributed by atoms with Gasteiger partial charge in [-0.15, -0.1) is 0 Å². The fourth-order valence-electron chi connectivity index (χ4n) is 9.41. The molecule has 2 bridgehead atoms. The SMILES string of the molecule is C=C1[C@H](C)[C@@]23CC[C@@H](C)[C@](C)([C@@H]2[C@H](OC)CC3)[C@H](O[Si](CC)(CC)CC)C[C@@]1(C/C=C/CCCCCN=[N+]=[N-])OC. The molecule has 3 aliphatic rings. The van der Waals surface area contributed by atoms with E-state index in [0.29, 0.717) is 24.3 Å². The van der Waals surface area contributed by atoms with E-state index in [9.17, 15) is 0 Å². The van der Waals surface area contributed by atoms with Crippen molar-refractivity contribution in [2.45, 2.75) is 142 Å². The highest BCUT2D eigenvalue weighted by molar-refractivity contribution is 6.73. The summed E-state index contributed by atoms with van der Waals surface area (Å²) in [4.78, 5) is 2.86. The smallest absolute Gasteiger partial charge is 0.192 e. The van der Waals surface area contributed by atoms with Crippen LogP contribution in [-0.4, -0.2) is 46.9 Å². The third-order valence-electron chi connectivity index (χ3n) is 12.7. The molecule has 0 aromatic carbocycles. The summed E-state index contributed by atoms with van der Waals surface area (Å²) in [5.74, 6) is 1.39. The Bertz CT molecular complexity index is 939. The highest BCUT2D eigenvalue weighted by Gasteiger charge is 2.68. The highest BCUT2D eigenvalue weighted by Crippen LogP contribution is 2.70. The number of rotatable bonds is 15. The second kappa shape index (κ2) is 14.6. The lowest BCUT2D eigenvalue weighted by Gasteiger charge is -2.64. The number of hydrogen-bond donors (Lipinski definition) is 0. The van der Waals surface area contributed by atoms with Crippen molar-refractivity contribution in [3.05, 3.63) is 34.7 Å². The molecule has 7 heteroatoms. The van der Waals surface area contributed by atoms with Crippen LogP contribution in [0.2, 0.25) is 18.1 Å². The van der Waals surface area contributed by atoms with Crippen molar-refractivity contribution in [1.82, 2.24) is 0 Å². The van der Waals surface area contributed by atoms with E-state index in [-0.39, 0.29) is 23.0 Å². The van der Waals surface area contributed by atoms with E-state index in [1.165, 1.54) is 24.8 Å². The summed E-state index contributed by atoms with van der Waals surface area (Å²) in [6.45, 7) is 20.1. The van der Waals surface area contributed by atoms with Crippen LogP contribution < -0.4 is 0 Å². The minimum Gasteiger partial charge on any atom is -0.413 e. The Morgan fingerprint density at radius 3 is 2.34 bits per heavy atom. The van der Waals surface area contributed by atoms with Gasteiger partial charge >= 0.3 is 0 Å². The number of hydrogen-bond acceptors (Lipinski definition) is 4. The Hall–Kier alpha value is -1.11. The topological polar surface area (TPSA) is 76.5 Å². The molecule has 0 aromatic rings. The van der Waals surface area contributed by atoms with E-state index in [4.69, 9.17) is 26.0 Å². The number of ether oxygens (including phenoxy) is 2. The predicted molar refractivity (Wildman–Crippen MR) is 173 cm³/mol. The minimum absolute atomic E-state index is 0.0154. The minimum atomic E-state index is -1.91. The molecule has 234 valence electrons. The molecule has 3 fully saturated rings. The van der Waals surface area contributed by atoms with Gasteiger partial charge in [-0.3, -0.25) is 0 Å². The van der Waals surface area contributed by atoms with Crippen molar-refractivity contribution in [3.8, 4) is 0 Å². The third kappa shape index (κ3) is 6.41. The Labute approximate surface area is 252 Å². The number of methoxy groups -OCH3 is 2. The molecule has 0 radical (unpaired) electrons. The Morgan fingerprint density at radius 1 is 1.05 bits per heavy atom. The van der Waals surface area contributed by atoms with Gasteiger partial charge in [0.15, 0.2) is 8.32 Å². The van der Waals surface area contributed by atoms with Gasteiger partial charge in [0.1, 0.15) is 0 Å². The zero-order chi connectivity index (χ0) is 30.3. The van der Waals surface area contributed by atoms with Gasteiger partial charge in [-0.05, 0) is 104 Å². The van der Waals surface area contributed by atoms with Crippen LogP contribution in [0.15, 0.2) is 29.4 Å². The van der Waals surface area contributed by atoms with Crippen LogP contribution in [0.25, 0.3) is 10.4 Å². The van der Waals surface area contributed by atoms with Gasteiger partial charge in [0.2, 0.25) is 0 Å². The van der Waals surface area contributed by atoms with Crippen LogP contribution in [0, 0.1) is 28.6 Å². The van der Waals surface area contributed by atoms with E-state index in [0.717, 1.165) is 63.1 Å². The summed E-state index contributed by atoms with van der Waals surface area (Å²) in [5, 5.41) is 3.66. The van der Waals surface area contributed by atoms with Crippen molar-refractivity contribution >= 4 is 8.32 Å². The lowest BCUT2D eigenvalue weighted by Crippen LogP contribution is -2.64. The van der Waals surface area contributed by atoms with E-state index in [1.807, 2.05) is 14.2 Å². The summed E-state index contributed by atoms with van der Waals surface area (Å²) in [7, 11) is 1.94. The van der Waals surface area contributed by atoms with Crippen molar-refractivity contribution in [2.75, 3.05) is 20.8 Å². The molecule has 0 aliphatic heterocycles. The summed E-state index contributed by atoms with van der Waals surface area (Å²) in [6, 6.07) is 3.46. The molecule has 3 saturated carbocycles. The lowest BCUT2D eigenvalue weighted by atomic mass is 9.44. The van der Waals surface area contributed by atoms with Gasteiger partial charge in [0.05, 0.1) is 17.8 Å². The van der Waals surface area contributed by atoms with Gasteiger partial charge in [-0.2, -0.15) is 0 Å². The molecule has 41 heavy (non-hydrogen) atoms. The van der Waals surface area contributed by atoms with E-state index < -0.39 is 13.9 Å². The molecule has 3 rings (SSSR count). The molecule has 0 spiro atoms. The molecule has 0 N–H and O–H groups in total. The molecule has 0 aromatic heterocycles. The molecule has 0 unspecified atom stereocenters. The van der Waals surface area contributed by atoms with E-state index in [2.05, 4.69) is 63.7 Å². The molecule has 0 amide bonds. The van der Waals surface area contributed by atoms with Gasteiger partial charge in [-0.1, -0.05) is 71.8 Å². The largest absolute Gasteiger partial charge is 0.413 e. The normalized spacial score (nSPS) is 37.5. The molecule has 6 nitrogen and oxygen atoms in total. The summed E-state index contributed by atoms with van der Waals surface area (Å²) in [6.07, 6.45) is 15.8. The molecule has 0 heterocycles. The first-order chi connectivity index (χ1) is 19.6. The average Bonchev–Trinajstić information content (AvgIpc) is 3.39. The molecule has 8 atom stereocenters. The maximum atomic E-state index is 8.48.